The molecule has 0 spiro atoms. The summed E-state index contributed by atoms with van der Waals surface area (Å²) < 4.78 is 10.5. The first kappa shape index (κ1) is 20.5. The largest absolute Gasteiger partial charge is 0.482 e. The van der Waals surface area contributed by atoms with E-state index in [1.165, 1.54) is 16.2 Å². The fourth-order valence-electron chi connectivity index (χ4n) is 3.01. The van der Waals surface area contributed by atoms with E-state index in [1.54, 1.807) is 55.0 Å². The molecule has 0 unspecified atom stereocenters. The highest BCUT2D eigenvalue weighted by Crippen LogP contribution is 2.36. The Morgan fingerprint density at radius 3 is 2.84 bits per heavy atom. The zero-order chi connectivity index (χ0) is 21.8. The van der Waals surface area contributed by atoms with Gasteiger partial charge in [0.05, 0.1) is 18.0 Å². The molecule has 10 heteroatoms. The van der Waals surface area contributed by atoms with Gasteiger partial charge in [-0.3, -0.25) is 29.6 Å². The number of anilines is 2. The molecule has 31 heavy (non-hydrogen) atoms. The minimum Gasteiger partial charge on any atom is -0.482 e. The van der Waals surface area contributed by atoms with Gasteiger partial charge in [-0.25, -0.2) is 4.98 Å². The Balaban J connectivity index is 1.56. The minimum atomic E-state index is -0.496. The van der Waals surface area contributed by atoms with Crippen LogP contribution >= 0.6 is 11.3 Å². The number of carbonyl (C=O) groups is 3. The van der Waals surface area contributed by atoms with Crippen LogP contribution in [0.1, 0.15) is 17.3 Å². The van der Waals surface area contributed by atoms with E-state index < -0.39 is 5.97 Å². The molecule has 0 atom stereocenters. The number of nitrogens with one attached hydrogen (secondary N) is 1. The van der Waals surface area contributed by atoms with E-state index in [9.17, 15) is 14.4 Å². The van der Waals surface area contributed by atoms with Crippen LogP contribution in [0, 0.1) is 0 Å². The van der Waals surface area contributed by atoms with Crippen LogP contribution < -0.4 is 15.0 Å². The zero-order valence-corrected chi connectivity index (χ0v) is 17.3. The number of thiazole rings is 1. The summed E-state index contributed by atoms with van der Waals surface area (Å²) in [7, 11) is 0. The first-order valence-corrected chi connectivity index (χ1v) is 10.3. The summed E-state index contributed by atoms with van der Waals surface area (Å²) in [4.78, 5) is 46.3. The van der Waals surface area contributed by atoms with Crippen LogP contribution in [0.15, 0.2) is 48.1 Å². The first-order chi connectivity index (χ1) is 15.0. The van der Waals surface area contributed by atoms with E-state index in [-0.39, 0.29) is 31.6 Å². The number of aromatic nitrogens is 2. The second kappa shape index (κ2) is 8.92. The summed E-state index contributed by atoms with van der Waals surface area (Å²) in [5, 5.41) is 4.99. The van der Waals surface area contributed by atoms with Crippen molar-refractivity contribution in [3.63, 3.8) is 0 Å². The van der Waals surface area contributed by atoms with E-state index in [1.807, 2.05) is 0 Å². The highest BCUT2D eigenvalue weighted by atomic mass is 32.1. The molecule has 2 aromatic heterocycles. The topological polar surface area (TPSA) is 111 Å². The normalized spacial score (nSPS) is 12.7. The molecule has 4 rings (SSSR count). The van der Waals surface area contributed by atoms with Gasteiger partial charge in [0.25, 0.3) is 11.8 Å². The van der Waals surface area contributed by atoms with Gasteiger partial charge < -0.3 is 9.47 Å². The van der Waals surface area contributed by atoms with Gasteiger partial charge in [-0.15, -0.1) is 11.3 Å². The second-order valence-electron chi connectivity index (χ2n) is 6.48. The highest BCUT2D eigenvalue weighted by molar-refractivity contribution is 7.14. The summed E-state index contributed by atoms with van der Waals surface area (Å²) in [6, 6.07) is 8.49. The summed E-state index contributed by atoms with van der Waals surface area (Å²) >= 11 is 1.28. The first-order valence-electron chi connectivity index (χ1n) is 9.45. The lowest BCUT2D eigenvalue weighted by atomic mass is 10.1. The Hall–Kier alpha value is -3.79. The van der Waals surface area contributed by atoms with Gasteiger partial charge >= 0.3 is 5.97 Å². The van der Waals surface area contributed by atoms with Gasteiger partial charge in [0.15, 0.2) is 11.7 Å². The van der Waals surface area contributed by atoms with E-state index in [2.05, 4.69) is 15.3 Å². The van der Waals surface area contributed by atoms with Gasteiger partial charge in [0, 0.05) is 28.9 Å². The van der Waals surface area contributed by atoms with Crippen molar-refractivity contribution < 1.29 is 23.9 Å². The minimum absolute atomic E-state index is 0.145. The number of rotatable bonds is 6. The molecule has 158 valence electrons. The predicted molar refractivity (Wildman–Crippen MR) is 114 cm³/mol. The second-order valence-corrected chi connectivity index (χ2v) is 7.34. The van der Waals surface area contributed by atoms with Crippen molar-refractivity contribution in [2.24, 2.45) is 0 Å². The molecule has 3 heterocycles. The lowest BCUT2D eigenvalue weighted by Gasteiger charge is -2.28. The molecular formula is C21H18N4O5S. The van der Waals surface area contributed by atoms with Crippen molar-refractivity contribution in [1.82, 2.24) is 9.97 Å². The molecule has 0 radical (unpaired) electrons. The molecule has 0 saturated heterocycles. The molecule has 1 aliphatic rings. The van der Waals surface area contributed by atoms with Crippen LogP contribution in [0.3, 0.4) is 0 Å². The van der Waals surface area contributed by atoms with Crippen molar-refractivity contribution in [3.8, 4) is 17.0 Å². The van der Waals surface area contributed by atoms with Crippen molar-refractivity contribution in [2.45, 2.75) is 6.92 Å². The number of esters is 1. The maximum Gasteiger partial charge on any atom is 0.326 e. The van der Waals surface area contributed by atoms with Crippen molar-refractivity contribution >= 4 is 39.9 Å². The van der Waals surface area contributed by atoms with Crippen LogP contribution in [0.2, 0.25) is 0 Å². The van der Waals surface area contributed by atoms with E-state index in [0.717, 1.165) is 0 Å². The van der Waals surface area contributed by atoms with Gasteiger partial charge in [-0.1, -0.05) is 0 Å². The lowest BCUT2D eigenvalue weighted by Crippen LogP contribution is -2.42. The third-order valence-corrected chi connectivity index (χ3v) is 5.22. The van der Waals surface area contributed by atoms with Gasteiger partial charge in [0.2, 0.25) is 0 Å². The Bertz CT molecular complexity index is 1130. The fourth-order valence-corrected chi connectivity index (χ4v) is 3.72. The van der Waals surface area contributed by atoms with Gasteiger partial charge in [-0.2, -0.15) is 0 Å². The Kier molecular flexibility index (Phi) is 5.89. The van der Waals surface area contributed by atoms with Crippen LogP contribution in [-0.4, -0.2) is 47.5 Å². The fraction of sp³-hybridized carbons (Fsp3) is 0.190. The number of ether oxygens (including phenoxy) is 2. The summed E-state index contributed by atoms with van der Waals surface area (Å²) in [5.41, 5.74) is 2.28. The maximum atomic E-state index is 12.3. The Labute approximate surface area is 181 Å². The number of benzene rings is 1. The summed E-state index contributed by atoms with van der Waals surface area (Å²) in [6.07, 6.45) is 3.08. The quantitative estimate of drug-likeness (QED) is 0.589. The van der Waals surface area contributed by atoms with E-state index in [0.29, 0.717) is 33.4 Å². The predicted octanol–water partition coefficient (Wildman–Crippen LogP) is 2.75. The smallest absolute Gasteiger partial charge is 0.326 e. The van der Waals surface area contributed by atoms with Crippen LogP contribution in [0.5, 0.6) is 5.75 Å². The number of nitrogens with zero attached hydrogens (tertiary/aromatic N) is 3. The van der Waals surface area contributed by atoms with Gasteiger partial charge in [-0.05, 0) is 37.3 Å². The molecule has 0 bridgehead atoms. The number of fused-ring (bicyclic) bond motifs is 1. The van der Waals surface area contributed by atoms with Gasteiger partial charge in [0.1, 0.15) is 12.3 Å². The Morgan fingerprint density at radius 1 is 1.26 bits per heavy atom. The Morgan fingerprint density at radius 2 is 2.06 bits per heavy atom. The number of hydrogen-bond donors (Lipinski definition) is 1. The third kappa shape index (κ3) is 4.53. The van der Waals surface area contributed by atoms with E-state index in [4.69, 9.17) is 9.47 Å². The number of pyridine rings is 1. The SMILES string of the molecule is CCOC(=O)CN1C(=O)COc2ccc(-c3csc(NC(=O)c4ccncc4)n3)cc21. The molecule has 1 N–H and O–H groups in total. The van der Waals surface area contributed by atoms with Crippen LogP contribution in [0.4, 0.5) is 10.8 Å². The molecule has 9 nitrogen and oxygen atoms in total. The molecular weight excluding hydrogens is 420 g/mol. The van der Waals surface area contributed by atoms with Crippen LogP contribution in [0.25, 0.3) is 11.3 Å². The molecule has 0 saturated carbocycles. The monoisotopic (exact) mass is 438 g/mol. The third-order valence-electron chi connectivity index (χ3n) is 4.46. The molecule has 2 amide bonds. The van der Waals surface area contributed by atoms with Crippen LogP contribution in [-0.2, 0) is 14.3 Å². The molecule has 0 aliphatic carbocycles. The highest BCUT2D eigenvalue weighted by Gasteiger charge is 2.28. The standard InChI is InChI=1S/C21H18N4O5S/c1-2-29-19(27)10-25-16-9-14(3-4-17(16)30-11-18(25)26)15-12-31-21(23-15)24-20(28)13-5-7-22-8-6-13/h3-9,12H,2,10-11H2,1H3,(H,23,24,28). The van der Waals surface area contributed by atoms with E-state index >= 15 is 0 Å². The van der Waals surface area contributed by atoms with Crippen molar-refractivity contribution in [3.05, 3.63) is 53.7 Å². The maximum absolute atomic E-state index is 12.3. The number of hydrogen-bond acceptors (Lipinski definition) is 8. The van der Waals surface area contributed by atoms with Crippen molar-refractivity contribution in [2.75, 3.05) is 30.0 Å². The number of amides is 2. The molecule has 0 fully saturated rings. The number of carbonyl (C=O) groups excluding carboxylic acids is 3. The zero-order valence-electron chi connectivity index (χ0n) is 16.5. The molecule has 3 aromatic rings. The summed E-state index contributed by atoms with van der Waals surface area (Å²) in [6.45, 7) is 1.60. The summed E-state index contributed by atoms with van der Waals surface area (Å²) in [5.74, 6) is -0.618. The van der Waals surface area contributed by atoms with Crippen molar-refractivity contribution in [1.29, 1.82) is 0 Å². The lowest BCUT2D eigenvalue weighted by molar-refractivity contribution is -0.142. The average molecular weight is 438 g/mol. The molecule has 1 aliphatic heterocycles. The molecule has 1 aromatic carbocycles. The average Bonchev–Trinajstić information content (AvgIpc) is 3.24.